The summed E-state index contributed by atoms with van der Waals surface area (Å²) in [5.41, 5.74) is 3.07. The molecule has 3 aromatic rings. The molecule has 1 N–H and O–H groups in total. The molecule has 0 aliphatic rings. The Balaban J connectivity index is 1.82. The highest BCUT2D eigenvalue weighted by atomic mass is 32.2. The molecule has 0 fully saturated rings. The molecule has 1 heterocycles. The Hall–Kier alpha value is -3.04. The maximum atomic E-state index is 12.5. The Morgan fingerprint density at radius 1 is 1.07 bits per heavy atom. The van der Waals surface area contributed by atoms with E-state index >= 15 is 0 Å². The quantitative estimate of drug-likeness (QED) is 0.518. The Morgan fingerprint density at radius 3 is 2.30 bits per heavy atom. The number of nitro groups is 1. The van der Waals surface area contributed by atoms with E-state index in [4.69, 9.17) is 0 Å². The molecule has 0 saturated carbocycles. The summed E-state index contributed by atoms with van der Waals surface area (Å²) in [5, 5.41) is 15.2. The molecule has 1 aromatic heterocycles. The van der Waals surface area contributed by atoms with Crippen molar-refractivity contribution >= 4 is 15.7 Å². The van der Waals surface area contributed by atoms with Gasteiger partial charge < -0.3 is 0 Å². The van der Waals surface area contributed by atoms with Gasteiger partial charge in [0.1, 0.15) is 0 Å². The van der Waals surface area contributed by atoms with Gasteiger partial charge >= 0.3 is 0 Å². The van der Waals surface area contributed by atoms with Crippen LogP contribution in [0.15, 0.2) is 59.5 Å². The molecule has 0 amide bonds. The summed E-state index contributed by atoms with van der Waals surface area (Å²) in [6.07, 6.45) is 0. The number of nitro benzene ring substituents is 1. The summed E-state index contributed by atoms with van der Waals surface area (Å²) in [4.78, 5) is 10.1. The average Bonchev–Trinajstić information content (AvgIpc) is 2.95. The lowest BCUT2D eigenvalue weighted by Crippen LogP contribution is -2.23. The van der Waals surface area contributed by atoms with Crippen LogP contribution in [0.2, 0.25) is 0 Å². The first-order chi connectivity index (χ1) is 12.8. The van der Waals surface area contributed by atoms with Crippen molar-refractivity contribution in [1.82, 2.24) is 14.5 Å². The highest BCUT2D eigenvalue weighted by Gasteiger charge is 2.19. The zero-order chi connectivity index (χ0) is 19.6. The van der Waals surface area contributed by atoms with Crippen LogP contribution < -0.4 is 4.72 Å². The number of nitrogens with zero attached hydrogens (tertiary/aromatic N) is 3. The minimum atomic E-state index is -3.80. The number of non-ortho nitro benzene ring substituents is 1. The first-order valence-electron chi connectivity index (χ1n) is 8.14. The standard InChI is InChI=1S/C18H18N4O4S/c1-13-18(14(2)21(20-13)15-6-4-3-5-7-15)12-19-27(25,26)17-10-8-16(9-11-17)22(23)24/h3-11,19H,12H2,1-2H3. The number of nitrogens with one attached hydrogen (secondary N) is 1. The predicted octanol–water partition coefficient (Wildman–Crippen LogP) is 2.88. The Kier molecular flexibility index (Phi) is 5.06. The highest BCUT2D eigenvalue weighted by molar-refractivity contribution is 7.89. The third kappa shape index (κ3) is 3.88. The topological polar surface area (TPSA) is 107 Å². The van der Waals surface area contributed by atoms with Crippen LogP contribution in [-0.2, 0) is 16.6 Å². The van der Waals surface area contributed by atoms with E-state index in [1.807, 2.05) is 44.2 Å². The number of para-hydroxylation sites is 1. The lowest BCUT2D eigenvalue weighted by Gasteiger charge is -2.08. The van der Waals surface area contributed by atoms with Gasteiger partial charge in [0.2, 0.25) is 10.0 Å². The molecule has 27 heavy (non-hydrogen) atoms. The van der Waals surface area contributed by atoms with Gasteiger partial charge in [-0.15, -0.1) is 0 Å². The normalized spacial score (nSPS) is 11.5. The van der Waals surface area contributed by atoms with Crippen LogP contribution in [0.4, 0.5) is 5.69 Å². The molecule has 0 radical (unpaired) electrons. The summed E-state index contributed by atoms with van der Waals surface area (Å²) < 4.78 is 29.3. The minimum absolute atomic E-state index is 0.0288. The van der Waals surface area contributed by atoms with Gasteiger partial charge in [0.25, 0.3) is 5.69 Å². The van der Waals surface area contributed by atoms with Gasteiger partial charge in [0.15, 0.2) is 0 Å². The Bertz CT molecular complexity index is 1070. The zero-order valence-corrected chi connectivity index (χ0v) is 15.6. The van der Waals surface area contributed by atoms with E-state index in [1.54, 1.807) is 4.68 Å². The van der Waals surface area contributed by atoms with Gasteiger partial charge in [0, 0.05) is 29.9 Å². The second-order valence-electron chi connectivity index (χ2n) is 5.97. The summed E-state index contributed by atoms with van der Waals surface area (Å²) >= 11 is 0. The van der Waals surface area contributed by atoms with Crippen LogP contribution >= 0.6 is 0 Å². The molecule has 8 nitrogen and oxygen atoms in total. The summed E-state index contributed by atoms with van der Waals surface area (Å²) in [6.45, 7) is 3.77. The smallest absolute Gasteiger partial charge is 0.258 e. The lowest BCUT2D eigenvalue weighted by atomic mass is 10.2. The lowest BCUT2D eigenvalue weighted by molar-refractivity contribution is -0.384. The third-order valence-corrected chi connectivity index (χ3v) is 5.66. The number of sulfonamides is 1. The molecule has 0 unspecified atom stereocenters. The molecule has 140 valence electrons. The molecular formula is C18H18N4O4S. The fraction of sp³-hybridized carbons (Fsp3) is 0.167. The van der Waals surface area contributed by atoms with Crippen LogP contribution in [-0.4, -0.2) is 23.1 Å². The van der Waals surface area contributed by atoms with Crippen molar-refractivity contribution in [1.29, 1.82) is 0 Å². The molecule has 0 saturated heterocycles. The van der Waals surface area contributed by atoms with Crippen LogP contribution in [0.3, 0.4) is 0 Å². The maximum absolute atomic E-state index is 12.5. The zero-order valence-electron chi connectivity index (χ0n) is 14.8. The number of hydrogen-bond donors (Lipinski definition) is 1. The molecule has 0 bridgehead atoms. The largest absolute Gasteiger partial charge is 0.269 e. The van der Waals surface area contributed by atoms with Crippen molar-refractivity contribution in [3.63, 3.8) is 0 Å². The number of aryl methyl sites for hydroxylation is 1. The molecular weight excluding hydrogens is 368 g/mol. The van der Waals surface area contributed by atoms with Crippen molar-refractivity contribution in [2.45, 2.75) is 25.3 Å². The van der Waals surface area contributed by atoms with Crippen LogP contribution in [0.1, 0.15) is 17.0 Å². The summed E-state index contributed by atoms with van der Waals surface area (Å²) in [6, 6.07) is 14.3. The monoisotopic (exact) mass is 386 g/mol. The van der Waals surface area contributed by atoms with E-state index in [0.717, 1.165) is 22.6 Å². The first kappa shape index (κ1) is 18.7. The van der Waals surface area contributed by atoms with Crippen LogP contribution in [0.25, 0.3) is 5.69 Å². The minimum Gasteiger partial charge on any atom is -0.258 e. The van der Waals surface area contributed by atoms with Gasteiger partial charge in [-0.25, -0.2) is 17.8 Å². The number of rotatable bonds is 6. The van der Waals surface area contributed by atoms with E-state index in [2.05, 4.69) is 9.82 Å². The van der Waals surface area contributed by atoms with Crippen molar-refractivity contribution in [3.05, 3.63) is 81.7 Å². The summed E-state index contributed by atoms with van der Waals surface area (Å²) in [5.74, 6) is 0. The Morgan fingerprint density at radius 2 is 1.70 bits per heavy atom. The molecule has 2 aromatic carbocycles. The first-order valence-corrected chi connectivity index (χ1v) is 9.62. The number of aromatic nitrogens is 2. The third-order valence-electron chi connectivity index (χ3n) is 4.24. The van der Waals surface area contributed by atoms with Gasteiger partial charge in [-0.05, 0) is 38.1 Å². The average molecular weight is 386 g/mol. The second-order valence-corrected chi connectivity index (χ2v) is 7.74. The number of benzene rings is 2. The molecule has 9 heteroatoms. The van der Waals surface area contributed by atoms with Crippen molar-refractivity contribution in [2.75, 3.05) is 0 Å². The highest BCUT2D eigenvalue weighted by Crippen LogP contribution is 2.20. The van der Waals surface area contributed by atoms with Gasteiger partial charge in [0.05, 0.1) is 21.2 Å². The molecule has 0 atom stereocenters. The molecule has 3 rings (SSSR count). The van der Waals surface area contributed by atoms with Gasteiger partial charge in [-0.1, -0.05) is 18.2 Å². The van der Waals surface area contributed by atoms with Crippen molar-refractivity contribution < 1.29 is 13.3 Å². The van der Waals surface area contributed by atoms with Gasteiger partial charge in [-0.2, -0.15) is 5.10 Å². The van der Waals surface area contributed by atoms with E-state index in [1.165, 1.54) is 24.3 Å². The van der Waals surface area contributed by atoms with E-state index in [9.17, 15) is 18.5 Å². The summed E-state index contributed by atoms with van der Waals surface area (Å²) in [7, 11) is -3.80. The second kappa shape index (κ2) is 7.29. The fourth-order valence-corrected chi connectivity index (χ4v) is 3.74. The Labute approximate surface area is 156 Å². The molecule has 0 aliphatic carbocycles. The van der Waals surface area contributed by atoms with E-state index in [0.29, 0.717) is 0 Å². The molecule has 0 spiro atoms. The number of hydrogen-bond acceptors (Lipinski definition) is 5. The van der Waals surface area contributed by atoms with E-state index < -0.39 is 14.9 Å². The molecule has 0 aliphatic heterocycles. The van der Waals surface area contributed by atoms with E-state index in [-0.39, 0.29) is 17.1 Å². The fourth-order valence-electron chi connectivity index (χ4n) is 2.75. The maximum Gasteiger partial charge on any atom is 0.269 e. The van der Waals surface area contributed by atoms with Crippen LogP contribution in [0.5, 0.6) is 0 Å². The SMILES string of the molecule is Cc1nn(-c2ccccc2)c(C)c1CNS(=O)(=O)c1ccc([N+](=O)[O-])cc1. The van der Waals surface area contributed by atoms with Gasteiger partial charge in [-0.3, -0.25) is 10.1 Å². The van der Waals surface area contributed by atoms with Crippen molar-refractivity contribution in [2.24, 2.45) is 0 Å². The van der Waals surface area contributed by atoms with Crippen LogP contribution in [0, 0.1) is 24.0 Å². The van der Waals surface area contributed by atoms with Crippen molar-refractivity contribution in [3.8, 4) is 5.69 Å². The predicted molar refractivity (Wildman–Crippen MR) is 100 cm³/mol.